The second-order valence-electron chi connectivity index (χ2n) is 7.91. The quantitative estimate of drug-likeness (QED) is 0.533. The molecule has 0 aliphatic carbocycles. The number of halogens is 1. The summed E-state index contributed by atoms with van der Waals surface area (Å²) in [6.07, 6.45) is 4.54. The van der Waals surface area contributed by atoms with E-state index < -0.39 is 9.84 Å². The highest BCUT2D eigenvalue weighted by molar-refractivity contribution is 7.90. The summed E-state index contributed by atoms with van der Waals surface area (Å²) in [7, 11) is -3.39. The lowest BCUT2D eigenvalue weighted by molar-refractivity contribution is -0.115. The van der Waals surface area contributed by atoms with Gasteiger partial charge in [-0.3, -0.25) is 4.79 Å². The number of benzene rings is 2. The Labute approximate surface area is 185 Å². The molecule has 0 bridgehead atoms. The number of rotatable bonds is 10. The molecule has 2 aromatic carbocycles. The van der Waals surface area contributed by atoms with E-state index in [1.54, 1.807) is 0 Å². The maximum absolute atomic E-state index is 12.5. The smallest absolute Gasteiger partial charge is 0.238 e. The summed E-state index contributed by atoms with van der Waals surface area (Å²) < 4.78 is 23.5. The van der Waals surface area contributed by atoms with Crippen molar-refractivity contribution in [1.29, 1.82) is 0 Å². The Bertz CT molecular complexity index is 957. The minimum absolute atomic E-state index is 0.0220. The Morgan fingerprint density at radius 2 is 1.77 bits per heavy atom. The lowest BCUT2D eigenvalue weighted by Gasteiger charge is -2.23. The van der Waals surface area contributed by atoms with Gasteiger partial charge in [0.15, 0.2) is 9.84 Å². The Morgan fingerprint density at radius 1 is 1.10 bits per heavy atom. The average molecular weight is 451 g/mol. The van der Waals surface area contributed by atoms with Crippen molar-refractivity contribution in [3.8, 4) is 0 Å². The van der Waals surface area contributed by atoms with Gasteiger partial charge >= 0.3 is 0 Å². The first kappa shape index (κ1) is 24.4. The second-order valence-corrected chi connectivity index (χ2v) is 10.3. The molecule has 30 heavy (non-hydrogen) atoms. The fourth-order valence-electron chi connectivity index (χ4n) is 3.24. The Morgan fingerprint density at radius 3 is 2.33 bits per heavy atom. The fourth-order valence-corrected chi connectivity index (χ4v) is 4.05. The second kappa shape index (κ2) is 10.9. The highest BCUT2D eigenvalue weighted by atomic mass is 35.5. The lowest BCUT2D eigenvalue weighted by Crippen LogP contribution is -2.33. The van der Waals surface area contributed by atoms with E-state index in [9.17, 15) is 13.2 Å². The summed E-state index contributed by atoms with van der Waals surface area (Å²) in [5, 5.41) is 6.30. The minimum Gasteiger partial charge on any atom is -0.324 e. The highest BCUT2D eigenvalue weighted by Gasteiger charge is 2.18. The van der Waals surface area contributed by atoms with Crippen LogP contribution in [0, 0.1) is 5.92 Å². The van der Waals surface area contributed by atoms with Crippen LogP contribution < -0.4 is 10.6 Å². The molecule has 0 fully saturated rings. The number of nitrogens with one attached hydrogen (secondary N) is 2. The number of hydrogen-bond acceptors (Lipinski definition) is 4. The SMILES string of the molecule is CCCCc1ccc([C@@H](NCC(=O)Nc2cc(S(C)(=O)=O)ccc2Cl)C(C)C)cc1. The van der Waals surface area contributed by atoms with Crippen molar-refractivity contribution >= 4 is 33.0 Å². The molecular weight excluding hydrogens is 420 g/mol. The summed E-state index contributed by atoms with van der Waals surface area (Å²) in [6, 6.07) is 12.8. The molecule has 2 N–H and O–H groups in total. The van der Waals surface area contributed by atoms with Crippen molar-refractivity contribution in [3.63, 3.8) is 0 Å². The van der Waals surface area contributed by atoms with Crippen LogP contribution in [0.3, 0.4) is 0 Å². The van der Waals surface area contributed by atoms with Crippen molar-refractivity contribution in [2.45, 2.75) is 51.0 Å². The van der Waals surface area contributed by atoms with Crippen LogP contribution >= 0.6 is 11.6 Å². The molecule has 0 aliphatic heterocycles. The zero-order valence-electron chi connectivity index (χ0n) is 18.0. The molecule has 1 atom stereocenters. The molecule has 0 heterocycles. The topological polar surface area (TPSA) is 75.3 Å². The Hall–Kier alpha value is -1.89. The normalized spacial score (nSPS) is 12.7. The van der Waals surface area contributed by atoms with E-state index in [4.69, 9.17) is 11.6 Å². The molecule has 0 radical (unpaired) electrons. The van der Waals surface area contributed by atoms with Crippen molar-refractivity contribution in [3.05, 3.63) is 58.6 Å². The maximum Gasteiger partial charge on any atom is 0.238 e. The van der Waals surface area contributed by atoms with Gasteiger partial charge in [0.1, 0.15) is 0 Å². The predicted molar refractivity (Wildman–Crippen MR) is 124 cm³/mol. The molecule has 1 amide bonds. The number of sulfone groups is 1. The van der Waals surface area contributed by atoms with Crippen LogP contribution in [0.1, 0.15) is 50.8 Å². The fraction of sp³-hybridized carbons (Fsp3) is 0.435. The third-order valence-electron chi connectivity index (χ3n) is 4.95. The molecule has 2 aromatic rings. The first-order valence-electron chi connectivity index (χ1n) is 10.2. The number of unbranched alkanes of at least 4 members (excludes halogenated alkanes) is 1. The van der Waals surface area contributed by atoms with E-state index in [1.165, 1.54) is 36.6 Å². The summed E-state index contributed by atoms with van der Waals surface area (Å²) >= 11 is 6.12. The van der Waals surface area contributed by atoms with Gasteiger partial charge in [-0.25, -0.2) is 8.42 Å². The first-order chi connectivity index (χ1) is 14.1. The van der Waals surface area contributed by atoms with Gasteiger partial charge in [0.05, 0.1) is 22.2 Å². The van der Waals surface area contributed by atoms with Crippen molar-refractivity contribution in [2.24, 2.45) is 5.92 Å². The summed E-state index contributed by atoms with van der Waals surface area (Å²) in [5.74, 6) is 0.00390. The summed E-state index contributed by atoms with van der Waals surface area (Å²) in [4.78, 5) is 12.6. The zero-order valence-corrected chi connectivity index (χ0v) is 19.6. The van der Waals surface area contributed by atoms with Gasteiger partial charge in [0.2, 0.25) is 5.91 Å². The first-order valence-corrected chi connectivity index (χ1v) is 12.5. The molecule has 0 aliphatic rings. The van der Waals surface area contributed by atoms with Crippen molar-refractivity contribution in [2.75, 3.05) is 18.1 Å². The van der Waals surface area contributed by atoms with Gasteiger partial charge in [-0.05, 0) is 48.1 Å². The molecule has 2 rings (SSSR count). The van der Waals surface area contributed by atoms with E-state index in [0.717, 1.165) is 18.2 Å². The summed E-state index contributed by atoms with van der Waals surface area (Å²) in [6.45, 7) is 6.47. The van der Waals surface area contributed by atoms with Gasteiger partial charge < -0.3 is 10.6 Å². The standard InChI is InChI=1S/C23H31ClN2O3S/c1-5-6-7-17-8-10-18(11-9-17)23(16(2)3)25-15-22(27)26-21-14-19(30(4,28)29)12-13-20(21)24/h8-14,16,23,25H,5-7,15H2,1-4H3,(H,26,27)/t23-/m0/s1. The number of aryl methyl sites for hydroxylation is 1. The Kier molecular flexibility index (Phi) is 8.89. The molecule has 0 unspecified atom stereocenters. The van der Waals surface area contributed by atoms with Gasteiger partial charge in [0, 0.05) is 12.3 Å². The molecule has 0 saturated carbocycles. The van der Waals surface area contributed by atoms with Crippen LogP contribution in [-0.2, 0) is 21.1 Å². The number of carbonyl (C=O) groups excluding carboxylic acids is 1. The molecule has 0 spiro atoms. The molecular formula is C23H31ClN2O3S. The third kappa shape index (κ3) is 7.11. The van der Waals surface area contributed by atoms with E-state index in [2.05, 4.69) is 55.7 Å². The van der Waals surface area contributed by atoms with Crippen molar-refractivity contribution in [1.82, 2.24) is 5.32 Å². The van der Waals surface area contributed by atoms with E-state index in [0.29, 0.717) is 5.02 Å². The van der Waals surface area contributed by atoms with Crippen LogP contribution in [0.5, 0.6) is 0 Å². The largest absolute Gasteiger partial charge is 0.324 e. The van der Waals surface area contributed by atoms with Crippen molar-refractivity contribution < 1.29 is 13.2 Å². The van der Waals surface area contributed by atoms with Crippen LogP contribution in [0.2, 0.25) is 5.02 Å². The molecule has 5 nitrogen and oxygen atoms in total. The number of hydrogen-bond donors (Lipinski definition) is 2. The lowest BCUT2D eigenvalue weighted by atomic mass is 9.94. The number of anilines is 1. The van der Waals surface area contributed by atoms with Gasteiger partial charge in [0.25, 0.3) is 0 Å². The zero-order chi connectivity index (χ0) is 22.3. The van der Waals surface area contributed by atoms with Gasteiger partial charge in [-0.2, -0.15) is 0 Å². The molecule has 164 valence electrons. The molecule has 7 heteroatoms. The molecule has 0 aromatic heterocycles. The number of carbonyl (C=O) groups is 1. The van der Waals surface area contributed by atoms with Crippen LogP contribution in [0.4, 0.5) is 5.69 Å². The maximum atomic E-state index is 12.5. The van der Waals surface area contributed by atoms with E-state index in [1.807, 2.05) is 0 Å². The van der Waals surface area contributed by atoms with Gasteiger partial charge in [-0.15, -0.1) is 0 Å². The number of amides is 1. The van der Waals surface area contributed by atoms with Gasteiger partial charge in [-0.1, -0.05) is 63.1 Å². The third-order valence-corrected chi connectivity index (χ3v) is 6.39. The van der Waals surface area contributed by atoms with E-state index >= 15 is 0 Å². The van der Waals surface area contributed by atoms with Crippen LogP contribution in [0.25, 0.3) is 0 Å². The Balaban J connectivity index is 2.04. The average Bonchev–Trinajstić information content (AvgIpc) is 2.68. The van der Waals surface area contributed by atoms with Crippen LogP contribution in [0.15, 0.2) is 47.4 Å². The molecule has 0 saturated heterocycles. The summed E-state index contributed by atoms with van der Waals surface area (Å²) in [5.41, 5.74) is 2.74. The van der Waals surface area contributed by atoms with E-state index in [-0.39, 0.29) is 35.0 Å². The minimum atomic E-state index is -3.39. The monoisotopic (exact) mass is 450 g/mol. The van der Waals surface area contributed by atoms with Crippen LogP contribution in [-0.4, -0.2) is 27.1 Å². The highest BCUT2D eigenvalue weighted by Crippen LogP contribution is 2.26. The predicted octanol–water partition coefficient (Wildman–Crippen LogP) is 5.01.